The predicted molar refractivity (Wildman–Crippen MR) is 76.3 cm³/mol. The van der Waals surface area contributed by atoms with Gasteiger partial charge in [0.1, 0.15) is 5.03 Å². The number of aliphatic carboxylic acids is 1. The van der Waals surface area contributed by atoms with Gasteiger partial charge in [-0.25, -0.2) is 4.68 Å². The van der Waals surface area contributed by atoms with Crippen molar-refractivity contribution >= 4 is 29.3 Å². The zero-order valence-corrected chi connectivity index (χ0v) is 11.9. The van der Waals surface area contributed by atoms with Gasteiger partial charge in [-0.05, 0) is 36.8 Å². The third-order valence-corrected chi connectivity index (χ3v) is 3.73. The maximum Gasteiger partial charge on any atom is 0.313 e. The Balaban J connectivity index is 2.34. The standard InChI is InChI=1S/C13H13ClN2O2S/c1-2-10-7-12(19-8-13(17)18)16(15-10)11-5-3-9(14)4-6-11/h3-7H,2,8H2,1H3,(H,17,18). The highest BCUT2D eigenvalue weighted by Gasteiger charge is 2.11. The molecule has 19 heavy (non-hydrogen) atoms. The van der Waals surface area contributed by atoms with E-state index in [0.29, 0.717) is 5.02 Å². The minimum absolute atomic E-state index is 0.0163. The lowest BCUT2D eigenvalue weighted by atomic mass is 10.3. The summed E-state index contributed by atoms with van der Waals surface area (Å²) >= 11 is 7.12. The van der Waals surface area contributed by atoms with Crippen molar-refractivity contribution in [3.05, 3.63) is 41.0 Å². The molecular formula is C13H13ClN2O2S. The molecule has 4 nitrogen and oxygen atoms in total. The van der Waals surface area contributed by atoms with E-state index < -0.39 is 5.97 Å². The molecule has 100 valence electrons. The second kappa shape index (κ2) is 6.12. The van der Waals surface area contributed by atoms with E-state index in [1.54, 1.807) is 16.8 Å². The van der Waals surface area contributed by atoms with Gasteiger partial charge in [-0.2, -0.15) is 5.10 Å². The number of aromatic nitrogens is 2. The Hall–Kier alpha value is -1.46. The first-order valence-corrected chi connectivity index (χ1v) is 7.16. The Morgan fingerprint density at radius 3 is 2.68 bits per heavy atom. The third kappa shape index (κ3) is 3.52. The Morgan fingerprint density at radius 1 is 1.42 bits per heavy atom. The van der Waals surface area contributed by atoms with Gasteiger partial charge in [0.05, 0.1) is 17.1 Å². The maximum atomic E-state index is 10.7. The van der Waals surface area contributed by atoms with Crippen molar-refractivity contribution in [2.24, 2.45) is 0 Å². The van der Waals surface area contributed by atoms with E-state index in [-0.39, 0.29) is 5.75 Å². The van der Waals surface area contributed by atoms with Crippen LogP contribution in [0.3, 0.4) is 0 Å². The molecular weight excluding hydrogens is 284 g/mol. The highest BCUT2D eigenvalue weighted by Crippen LogP contribution is 2.24. The molecule has 0 amide bonds. The second-order valence-corrected chi connectivity index (χ2v) is 5.33. The molecule has 0 saturated heterocycles. The molecule has 0 aliphatic carbocycles. The summed E-state index contributed by atoms with van der Waals surface area (Å²) in [7, 11) is 0. The zero-order valence-electron chi connectivity index (χ0n) is 10.3. The van der Waals surface area contributed by atoms with Crippen molar-refractivity contribution in [2.45, 2.75) is 18.4 Å². The van der Waals surface area contributed by atoms with Crippen molar-refractivity contribution in [2.75, 3.05) is 5.75 Å². The number of nitrogens with zero attached hydrogens (tertiary/aromatic N) is 2. The van der Waals surface area contributed by atoms with E-state index in [0.717, 1.165) is 22.8 Å². The lowest BCUT2D eigenvalue weighted by Gasteiger charge is -2.06. The molecule has 1 aromatic heterocycles. The Labute approximate surface area is 120 Å². The molecule has 1 aromatic carbocycles. The van der Waals surface area contributed by atoms with Crippen molar-refractivity contribution in [3.63, 3.8) is 0 Å². The fourth-order valence-corrected chi connectivity index (χ4v) is 2.47. The highest BCUT2D eigenvalue weighted by molar-refractivity contribution is 7.99. The summed E-state index contributed by atoms with van der Waals surface area (Å²) in [5, 5.41) is 14.7. The quantitative estimate of drug-likeness (QED) is 0.861. The van der Waals surface area contributed by atoms with Gasteiger partial charge in [-0.3, -0.25) is 4.79 Å². The largest absolute Gasteiger partial charge is 0.481 e. The first kappa shape index (κ1) is 14.0. The van der Waals surface area contributed by atoms with Gasteiger partial charge in [-0.15, -0.1) is 0 Å². The van der Waals surface area contributed by atoms with Crippen LogP contribution in [0.15, 0.2) is 35.4 Å². The molecule has 0 unspecified atom stereocenters. The number of rotatable bonds is 5. The minimum atomic E-state index is -0.841. The summed E-state index contributed by atoms with van der Waals surface area (Å²) in [6.07, 6.45) is 0.807. The SMILES string of the molecule is CCc1cc(SCC(=O)O)n(-c2ccc(Cl)cc2)n1. The molecule has 0 atom stereocenters. The summed E-state index contributed by atoms with van der Waals surface area (Å²) in [6, 6.07) is 9.22. The van der Waals surface area contributed by atoms with Gasteiger partial charge in [0.2, 0.25) is 0 Å². The van der Waals surface area contributed by atoms with Gasteiger partial charge in [-0.1, -0.05) is 30.3 Å². The Morgan fingerprint density at radius 2 is 2.11 bits per heavy atom. The van der Waals surface area contributed by atoms with Crippen LogP contribution < -0.4 is 0 Å². The third-order valence-electron chi connectivity index (χ3n) is 2.50. The molecule has 1 heterocycles. The lowest BCUT2D eigenvalue weighted by Crippen LogP contribution is -2.02. The summed E-state index contributed by atoms with van der Waals surface area (Å²) in [5.74, 6) is -0.825. The number of hydrogen-bond acceptors (Lipinski definition) is 3. The number of halogens is 1. The second-order valence-electron chi connectivity index (χ2n) is 3.90. The van der Waals surface area contributed by atoms with Gasteiger partial charge in [0.15, 0.2) is 0 Å². The average molecular weight is 297 g/mol. The summed E-state index contributed by atoms with van der Waals surface area (Å²) in [4.78, 5) is 10.7. The first-order chi connectivity index (χ1) is 9.10. The minimum Gasteiger partial charge on any atom is -0.481 e. The molecule has 0 aliphatic heterocycles. The average Bonchev–Trinajstić information content (AvgIpc) is 2.80. The van der Waals surface area contributed by atoms with E-state index >= 15 is 0 Å². The number of aryl methyl sites for hydroxylation is 1. The van der Waals surface area contributed by atoms with Gasteiger partial charge < -0.3 is 5.11 Å². The lowest BCUT2D eigenvalue weighted by molar-refractivity contribution is -0.133. The zero-order chi connectivity index (χ0) is 13.8. The van der Waals surface area contributed by atoms with Crippen LogP contribution in [0.5, 0.6) is 0 Å². The summed E-state index contributed by atoms with van der Waals surface area (Å²) in [6.45, 7) is 2.01. The molecule has 0 spiro atoms. The number of benzene rings is 1. The van der Waals surface area contributed by atoms with E-state index in [2.05, 4.69) is 5.10 Å². The summed E-state index contributed by atoms with van der Waals surface area (Å²) in [5.41, 5.74) is 1.81. The van der Waals surface area contributed by atoms with Crippen LogP contribution in [0, 0.1) is 0 Å². The number of hydrogen-bond donors (Lipinski definition) is 1. The molecule has 0 radical (unpaired) electrons. The molecule has 2 aromatic rings. The predicted octanol–water partition coefficient (Wildman–Crippen LogP) is 3.26. The number of carboxylic acid groups (broad SMARTS) is 1. The maximum absolute atomic E-state index is 10.7. The normalized spacial score (nSPS) is 10.6. The number of carboxylic acids is 1. The van der Waals surface area contributed by atoms with E-state index in [9.17, 15) is 4.79 Å². The van der Waals surface area contributed by atoms with Crippen LogP contribution >= 0.6 is 23.4 Å². The summed E-state index contributed by atoms with van der Waals surface area (Å²) < 4.78 is 1.75. The van der Waals surface area contributed by atoms with E-state index in [1.165, 1.54) is 11.8 Å². The molecule has 6 heteroatoms. The molecule has 0 aliphatic rings. The topological polar surface area (TPSA) is 55.1 Å². The number of carbonyl (C=O) groups is 1. The monoisotopic (exact) mass is 296 g/mol. The van der Waals surface area contributed by atoms with Crippen LogP contribution in [0.1, 0.15) is 12.6 Å². The molecule has 2 rings (SSSR count). The van der Waals surface area contributed by atoms with Gasteiger partial charge in [0.25, 0.3) is 0 Å². The van der Waals surface area contributed by atoms with Gasteiger partial charge >= 0.3 is 5.97 Å². The van der Waals surface area contributed by atoms with Crippen molar-refractivity contribution < 1.29 is 9.90 Å². The van der Waals surface area contributed by atoms with E-state index in [4.69, 9.17) is 16.7 Å². The molecule has 0 saturated carbocycles. The molecule has 0 bridgehead atoms. The van der Waals surface area contributed by atoms with Crippen LogP contribution in [-0.4, -0.2) is 26.6 Å². The smallest absolute Gasteiger partial charge is 0.313 e. The molecule has 0 fully saturated rings. The van der Waals surface area contributed by atoms with Crippen molar-refractivity contribution in [3.8, 4) is 5.69 Å². The fraction of sp³-hybridized carbons (Fsp3) is 0.231. The van der Waals surface area contributed by atoms with Crippen LogP contribution in [0.25, 0.3) is 5.69 Å². The van der Waals surface area contributed by atoms with Crippen LogP contribution in [-0.2, 0) is 11.2 Å². The van der Waals surface area contributed by atoms with Crippen LogP contribution in [0.2, 0.25) is 5.02 Å². The van der Waals surface area contributed by atoms with Gasteiger partial charge in [0, 0.05) is 5.02 Å². The number of thioether (sulfide) groups is 1. The van der Waals surface area contributed by atoms with Crippen molar-refractivity contribution in [1.29, 1.82) is 0 Å². The fourth-order valence-electron chi connectivity index (χ4n) is 1.59. The van der Waals surface area contributed by atoms with Crippen LogP contribution in [0.4, 0.5) is 0 Å². The Bertz CT molecular complexity index is 581. The highest BCUT2D eigenvalue weighted by atomic mass is 35.5. The Kier molecular flexibility index (Phi) is 4.50. The molecule has 1 N–H and O–H groups in total. The van der Waals surface area contributed by atoms with Crippen molar-refractivity contribution in [1.82, 2.24) is 9.78 Å². The van der Waals surface area contributed by atoms with E-state index in [1.807, 2.05) is 25.1 Å². The first-order valence-electron chi connectivity index (χ1n) is 5.79.